The van der Waals surface area contributed by atoms with E-state index in [2.05, 4.69) is 28.6 Å². The summed E-state index contributed by atoms with van der Waals surface area (Å²) in [4.78, 5) is 58.4. The van der Waals surface area contributed by atoms with E-state index in [0.29, 0.717) is 5.56 Å². The number of hydrogen-bond acceptors (Lipinski definition) is 8. The van der Waals surface area contributed by atoms with Gasteiger partial charge in [0, 0.05) is 18.6 Å². The summed E-state index contributed by atoms with van der Waals surface area (Å²) in [5, 5.41) is 34.0. The maximum Gasteiger partial charge on any atom is 0.327 e. The third kappa shape index (κ3) is 9.66. The summed E-state index contributed by atoms with van der Waals surface area (Å²) in [6, 6.07) is 2.27. The molecular formula is C19H26N4O8S. The summed E-state index contributed by atoms with van der Waals surface area (Å²) in [7, 11) is 0. The van der Waals surface area contributed by atoms with E-state index in [1.54, 1.807) is 0 Å². The predicted octanol–water partition coefficient (Wildman–Crippen LogP) is -1.77. The first-order valence-corrected chi connectivity index (χ1v) is 10.1. The first-order valence-electron chi connectivity index (χ1n) is 9.49. The summed E-state index contributed by atoms with van der Waals surface area (Å²) >= 11 is 3.82. The van der Waals surface area contributed by atoms with Gasteiger partial charge in [-0.15, -0.1) is 0 Å². The van der Waals surface area contributed by atoms with Gasteiger partial charge in [0.15, 0.2) is 0 Å². The number of benzene rings is 1. The third-order valence-electron chi connectivity index (χ3n) is 4.25. The van der Waals surface area contributed by atoms with Gasteiger partial charge in [-0.25, -0.2) is 4.79 Å². The van der Waals surface area contributed by atoms with Crippen LogP contribution in [0.15, 0.2) is 24.3 Å². The largest absolute Gasteiger partial charge is 0.508 e. The number of amides is 3. The summed E-state index contributed by atoms with van der Waals surface area (Å²) in [5.74, 6) is -4.83. The molecule has 0 aliphatic heterocycles. The number of carbonyl (C=O) groups excluding carboxylic acids is 3. The average molecular weight is 471 g/mol. The molecule has 0 radical (unpaired) electrons. The lowest BCUT2D eigenvalue weighted by molar-refractivity contribution is -0.141. The number of thiol groups is 1. The van der Waals surface area contributed by atoms with Crippen molar-refractivity contribution < 1.29 is 39.3 Å². The standard InChI is InChI=1S/C19H26N4O8S/c20-12(5-6-16(26)27)17(28)23-13(7-10-1-3-11(24)4-2-10)18(29)21-8-15(25)22-14(9-32)19(30)31/h1-4,12-14,24,32H,5-9,20H2,(H,21,29)(H,22,25)(H,23,28)(H,26,27)(H,30,31). The number of phenols is 1. The van der Waals surface area contributed by atoms with Crippen LogP contribution in [0, 0.1) is 0 Å². The number of phenolic OH excluding ortho intramolecular Hbond substituents is 1. The normalized spacial score (nSPS) is 13.3. The molecule has 12 nitrogen and oxygen atoms in total. The van der Waals surface area contributed by atoms with Gasteiger partial charge in [-0.05, 0) is 24.1 Å². The zero-order valence-corrected chi connectivity index (χ0v) is 17.9. The van der Waals surface area contributed by atoms with Crippen LogP contribution >= 0.6 is 12.6 Å². The quantitative estimate of drug-likeness (QED) is 0.153. The fraction of sp³-hybridized carbons (Fsp3) is 0.421. The summed E-state index contributed by atoms with van der Waals surface area (Å²) in [5.41, 5.74) is 6.26. The predicted molar refractivity (Wildman–Crippen MR) is 115 cm³/mol. The van der Waals surface area contributed by atoms with Crippen molar-refractivity contribution in [1.82, 2.24) is 16.0 Å². The van der Waals surface area contributed by atoms with Gasteiger partial charge < -0.3 is 37.0 Å². The van der Waals surface area contributed by atoms with Crippen LogP contribution in [0.1, 0.15) is 18.4 Å². The molecule has 0 aliphatic rings. The van der Waals surface area contributed by atoms with Crippen LogP contribution in [0.4, 0.5) is 0 Å². The van der Waals surface area contributed by atoms with Crippen molar-refractivity contribution >= 4 is 42.3 Å². The smallest absolute Gasteiger partial charge is 0.327 e. The second-order valence-corrected chi connectivity index (χ2v) is 7.19. The Morgan fingerprint density at radius 2 is 1.59 bits per heavy atom. The fourth-order valence-electron chi connectivity index (χ4n) is 2.49. The lowest BCUT2D eigenvalue weighted by atomic mass is 10.0. The molecule has 0 saturated carbocycles. The Hall–Kier alpha value is -3.32. The zero-order chi connectivity index (χ0) is 24.3. The molecule has 32 heavy (non-hydrogen) atoms. The summed E-state index contributed by atoms with van der Waals surface area (Å²) in [6.07, 6.45) is -0.490. The van der Waals surface area contributed by atoms with Gasteiger partial charge in [0.2, 0.25) is 17.7 Å². The number of nitrogens with one attached hydrogen (secondary N) is 3. The Kier molecular flexibility index (Phi) is 11.0. The molecule has 0 bridgehead atoms. The van der Waals surface area contributed by atoms with E-state index >= 15 is 0 Å². The van der Waals surface area contributed by atoms with Crippen molar-refractivity contribution in [3.63, 3.8) is 0 Å². The highest BCUT2D eigenvalue weighted by molar-refractivity contribution is 7.80. The zero-order valence-electron chi connectivity index (χ0n) is 17.0. The highest BCUT2D eigenvalue weighted by Crippen LogP contribution is 2.11. The highest BCUT2D eigenvalue weighted by Gasteiger charge is 2.25. The third-order valence-corrected chi connectivity index (χ3v) is 4.62. The van der Waals surface area contributed by atoms with Crippen LogP contribution in [0.3, 0.4) is 0 Å². The lowest BCUT2D eigenvalue weighted by Crippen LogP contribution is -2.54. The molecule has 0 heterocycles. The first-order chi connectivity index (χ1) is 15.0. The number of aromatic hydroxyl groups is 1. The van der Waals surface area contributed by atoms with Gasteiger partial charge in [-0.1, -0.05) is 12.1 Å². The lowest BCUT2D eigenvalue weighted by Gasteiger charge is -2.21. The first kappa shape index (κ1) is 26.7. The van der Waals surface area contributed by atoms with Crippen molar-refractivity contribution in [2.24, 2.45) is 5.73 Å². The Morgan fingerprint density at radius 3 is 2.12 bits per heavy atom. The van der Waals surface area contributed by atoms with Crippen molar-refractivity contribution in [1.29, 1.82) is 0 Å². The van der Waals surface area contributed by atoms with Gasteiger partial charge in [0.25, 0.3) is 0 Å². The van der Waals surface area contributed by atoms with Gasteiger partial charge in [-0.3, -0.25) is 19.2 Å². The van der Waals surface area contributed by atoms with Gasteiger partial charge in [0.1, 0.15) is 17.8 Å². The molecular weight excluding hydrogens is 444 g/mol. The average Bonchev–Trinajstić information content (AvgIpc) is 2.74. The van der Waals surface area contributed by atoms with Crippen molar-refractivity contribution in [3.8, 4) is 5.75 Å². The van der Waals surface area contributed by atoms with E-state index in [1.807, 2.05) is 0 Å². The van der Waals surface area contributed by atoms with Crippen molar-refractivity contribution in [2.45, 2.75) is 37.4 Å². The fourth-order valence-corrected chi connectivity index (χ4v) is 2.73. The number of nitrogens with two attached hydrogens (primary N) is 1. The van der Waals surface area contributed by atoms with E-state index in [0.717, 1.165) is 0 Å². The maximum absolute atomic E-state index is 12.6. The van der Waals surface area contributed by atoms with Gasteiger partial charge in [-0.2, -0.15) is 12.6 Å². The molecule has 3 amide bonds. The Labute approximate surface area is 189 Å². The topological polar surface area (TPSA) is 208 Å². The molecule has 0 aliphatic carbocycles. The van der Waals surface area contributed by atoms with Crippen LogP contribution in [-0.4, -0.2) is 75.4 Å². The van der Waals surface area contributed by atoms with Crippen LogP contribution in [0.5, 0.6) is 5.75 Å². The van der Waals surface area contributed by atoms with E-state index in [4.69, 9.17) is 15.9 Å². The van der Waals surface area contributed by atoms with Gasteiger partial charge >= 0.3 is 11.9 Å². The molecule has 1 rings (SSSR count). The number of aliphatic carboxylic acids is 2. The molecule has 176 valence electrons. The van der Waals surface area contributed by atoms with Crippen LogP contribution < -0.4 is 21.7 Å². The molecule has 0 fully saturated rings. The van der Waals surface area contributed by atoms with Crippen molar-refractivity contribution in [3.05, 3.63) is 29.8 Å². The van der Waals surface area contributed by atoms with E-state index in [-0.39, 0.29) is 30.8 Å². The SMILES string of the molecule is NC(CCC(=O)O)C(=O)NC(Cc1ccc(O)cc1)C(=O)NCC(=O)NC(CS)C(=O)O. The molecule has 8 N–H and O–H groups in total. The van der Waals surface area contributed by atoms with Crippen LogP contribution in [0.25, 0.3) is 0 Å². The number of carbonyl (C=O) groups is 5. The Bertz CT molecular complexity index is 833. The molecule has 1 aromatic rings. The molecule has 0 saturated heterocycles. The molecule has 13 heteroatoms. The van der Waals surface area contributed by atoms with Gasteiger partial charge in [0.05, 0.1) is 12.6 Å². The number of carboxylic acid groups (broad SMARTS) is 2. The molecule has 0 aromatic heterocycles. The van der Waals surface area contributed by atoms with E-state index in [1.165, 1.54) is 24.3 Å². The Balaban J connectivity index is 2.82. The minimum Gasteiger partial charge on any atom is -0.508 e. The van der Waals surface area contributed by atoms with Crippen LogP contribution in [0.2, 0.25) is 0 Å². The monoisotopic (exact) mass is 470 g/mol. The molecule has 0 spiro atoms. The molecule has 3 unspecified atom stereocenters. The minimum absolute atomic E-state index is 0.00308. The summed E-state index contributed by atoms with van der Waals surface area (Å²) < 4.78 is 0. The van der Waals surface area contributed by atoms with Crippen molar-refractivity contribution in [2.75, 3.05) is 12.3 Å². The minimum atomic E-state index is -1.28. The molecule has 1 aromatic carbocycles. The second kappa shape index (κ2) is 13.2. The molecule has 3 atom stereocenters. The second-order valence-electron chi connectivity index (χ2n) is 6.83. The number of hydrogen-bond donors (Lipinski definition) is 8. The van der Waals surface area contributed by atoms with Crippen LogP contribution in [-0.2, 0) is 30.4 Å². The number of carboxylic acids is 2. The Morgan fingerprint density at radius 1 is 0.969 bits per heavy atom. The maximum atomic E-state index is 12.6. The summed E-state index contributed by atoms with van der Waals surface area (Å²) in [6.45, 7) is -0.552. The highest BCUT2D eigenvalue weighted by atomic mass is 32.1. The number of rotatable bonds is 13. The van der Waals surface area contributed by atoms with E-state index in [9.17, 15) is 29.1 Å². The van der Waals surface area contributed by atoms with E-state index < -0.39 is 54.3 Å².